The second-order valence-corrected chi connectivity index (χ2v) is 11.8. The molecule has 4 amide bonds. The molecule has 0 spiro atoms. The maximum atomic E-state index is 13.7. The number of anilines is 1. The Kier molecular flexibility index (Phi) is 6.90. The number of furan rings is 1. The fraction of sp³-hybridized carbons (Fsp3) is 0.533. The highest BCUT2D eigenvalue weighted by molar-refractivity contribution is 6.24. The van der Waals surface area contributed by atoms with E-state index in [4.69, 9.17) is 9.15 Å². The molecule has 40 heavy (non-hydrogen) atoms. The quantitative estimate of drug-likeness (QED) is 0.541. The molecule has 0 radical (unpaired) electrons. The topological polar surface area (TPSA) is 104 Å². The molecule has 0 bridgehead atoms. The normalized spacial score (nSPS) is 24.9. The number of benzene rings is 1. The Morgan fingerprint density at radius 3 is 2.42 bits per heavy atom. The van der Waals surface area contributed by atoms with E-state index in [0.29, 0.717) is 69.1 Å². The zero-order valence-corrected chi connectivity index (χ0v) is 23.1. The van der Waals surface area contributed by atoms with E-state index in [-0.39, 0.29) is 41.2 Å². The minimum atomic E-state index is -0.390. The van der Waals surface area contributed by atoms with Crippen LogP contribution in [0.4, 0.5) is 5.69 Å². The third-order valence-electron chi connectivity index (χ3n) is 8.68. The molecule has 0 N–H and O–H groups in total. The molecule has 0 saturated carbocycles. The number of rotatable bonds is 4. The molecule has 4 aliphatic rings. The van der Waals surface area contributed by atoms with Crippen LogP contribution in [-0.2, 0) is 9.53 Å². The van der Waals surface area contributed by atoms with E-state index < -0.39 is 0 Å². The van der Waals surface area contributed by atoms with Gasteiger partial charge in [-0.05, 0) is 63.8 Å². The second-order valence-electron chi connectivity index (χ2n) is 11.8. The first kappa shape index (κ1) is 26.6. The van der Waals surface area contributed by atoms with Gasteiger partial charge in [0.15, 0.2) is 5.76 Å². The van der Waals surface area contributed by atoms with Crippen molar-refractivity contribution >= 4 is 29.3 Å². The smallest absolute Gasteiger partial charge is 0.289 e. The lowest BCUT2D eigenvalue weighted by atomic mass is 9.93. The van der Waals surface area contributed by atoms with Crippen molar-refractivity contribution < 1.29 is 28.3 Å². The number of imide groups is 1. The van der Waals surface area contributed by atoms with E-state index >= 15 is 0 Å². The molecule has 6 rings (SSSR count). The molecule has 5 heterocycles. The predicted molar refractivity (Wildman–Crippen MR) is 146 cm³/mol. The highest BCUT2D eigenvalue weighted by atomic mass is 16.5. The van der Waals surface area contributed by atoms with Gasteiger partial charge in [0.2, 0.25) is 5.91 Å². The van der Waals surface area contributed by atoms with Crippen LogP contribution in [0.3, 0.4) is 0 Å². The largest absolute Gasteiger partial charge is 0.459 e. The number of nitrogens with zero attached hydrogens (tertiary/aromatic N) is 4. The van der Waals surface area contributed by atoms with E-state index in [0.717, 1.165) is 25.1 Å². The maximum absolute atomic E-state index is 13.7. The summed E-state index contributed by atoms with van der Waals surface area (Å²) in [4.78, 5) is 60.4. The maximum Gasteiger partial charge on any atom is 0.289 e. The van der Waals surface area contributed by atoms with E-state index in [1.165, 1.54) is 11.2 Å². The molecular formula is C30H36N4O6. The second kappa shape index (κ2) is 10.4. The van der Waals surface area contributed by atoms with Gasteiger partial charge in [-0.3, -0.25) is 24.1 Å². The molecule has 1 aromatic carbocycles. The number of carbonyl (C=O) groups excluding carboxylic acids is 4. The number of piperazine rings is 1. The third kappa shape index (κ3) is 4.78. The molecule has 3 fully saturated rings. The molecule has 10 heteroatoms. The van der Waals surface area contributed by atoms with Crippen LogP contribution in [0.1, 0.15) is 70.8 Å². The van der Waals surface area contributed by atoms with Gasteiger partial charge >= 0.3 is 0 Å². The third-order valence-corrected chi connectivity index (χ3v) is 8.68. The van der Waals surface area contributed by atoms with Crippen molar-refractivity contribution in [3.63, 3.8) is 0 Å². The average molecular weight is 549 g/mol. The summed E-state index contributed by atoms with van der Waals surface area (Å²) in [5, 5.41) is 0. The van der Waals surface area contributed by atoms with Crippen molar-refractivity contribution in [2.45, 2.75) is 51.2 Å². The minimum Gasteiger partial charge on any atom is -0.459 e. The first-order valence-electron chi connectivity index (χ1n) is 14.2. The zero-order chi connectivity index (χ0) is 28.0. The summed E-state index contributed by atoms with van der Waals surface area (Å²) in [5.74, 6) is -0.464. The van der Waals surface area contributed by atoms with Crippen molar-refractivity contribution in [3.05, 3.63) is 53.5 Å². The molecule has 3 saturated heterocycles. The molecule has 10 nitrogen and oxygen atoms in total. The summed E-state index contributed by atoms with van der Waals surface area (Å²) < 4.78 is 11.1. The summed E-state index contributed by atoms with van der Waals surface area (Å²) in [5.41, 5.74) is 1.24. The number of hydrogen-bond acceptors (Lipinski definition) is 7. The predicted octanol–water partition coefficient (Wildman–Crippen LogP) is 3.03. The van der Waals surface area contributed by atoms with Crippen molar-refractivity contribution in [1.82, 2.24) is 14.7 Å². The fourth-order valence-corrected chi connectivity index (χ4v) is 6.64. The average Bonchev–Trinajstić information content (AvgIpc) is 3.59. The summed E-state index contributed by atoms with van der Waals surface area (Å²) >= 11 is 0. The fourth-order valence-electron chi connectivity index (χ4n) is 6.64. The van der Waals surface area contributed by atoms with E-state index in [9.17, 15) is 19.2 Å². The lowest BCUT2D eigenvalue weighted by Gasteiger charge is -2.40. The summed E-state index contributed by atoms with van der Waals surface area (Å²) in [6.07, 6.45) is 4.30. The van der Waals surface area contributed by atoms with Crippen molar-refractivity contribution in [1.29, 1.82) is 0 Å². The van der Waals surface area contributed by atoms with Gasteiger partial charge in [0.25, 0.3) is 17.7 Å². The van der Waals surface area contributed by atoms with Gasteiger partial charge < -0.3 is 23.9 Å². The standard InChI is InChI=1S/C30H36N4O6/c1-30(2)18-21(10-17-40-30)34-27(36)22-7-3-8-23(25(22)29(34)38)33-11-4-6-20(19-33)26(35)31-12-14-32(15-13-31)28(37)24-9-5-16-39-24/h3,5,7-9,16,20-21H,4,6,10-15,17-19H2,1-2H3/t20-,21+/m0/s1. The van der Waals surface area contributed by atoms with E-state index in [2.05, 4.69) is 4.90 Å². The number of ether oxygens (including phenoxy) is 1. The van der Waals surface area contributed by atoms with Crippen molar-refractivity contribution in [2.24, 2.45) is 5.92 Å². The SMILES string of the molecule is CC1(C)C[C@H](N2C(=O)c3cccc(N4CCC[C@H](C(=O)N5CCN(C(=O)c6ccco6)CC5)C4)c3C2=O)CCO1. The van der Waals surface area contributed by atoms with Crippen molar-refractivity contribution in [3.8, 4) is 0 Å². The lowest BCUT2D eigenvalue weighted by Crippen LogP contribution is -2.53. The van der Waals surface area contributed by atoms with Crippen LogP contribution in [-0.4, -0.2) is 95.8 Å². The van der Waals surface area contributed by atoms with Gasteiger partial charge in [0.05, 0.1) is 34.6 Å². The highest BCUT2D eigenvalue weighted by Crippen LogP contribution is 2.38. The van der Waals surface area contributed by atoms with Gasteiger partial charge in [0, 0.05) is 51.9 Å². The Labute approximate surface area is 233 Å². The monoisotopic (exact) mass is 548 g/mol. The molecule has 2 atom stereocenters. The van der Waals surface area contributed by atoms with Crippen LogP contribution in [0.5, 0.6) is 0 Å². The first-order valence-corrected chi connectivity index (χ1v) is 14.2. The van der Waals surface area contributed by atoms with E-state index in [1.807, 2.05) is 30.9 Å². The van der Waals surface area contributed by atoms with E-state index in [1.54, 1.807) is 23.1 Å². The van der Waals surface area contributed by atoms with Crippen LogP contribution >= 0.6 is 0 Å². The van der Waals surface area contributed by atoms with Crippen LogP contribution in [0.25, 0.3) is 0 Å². The molecule has 2 aromatic rings. The Hall–Kier alpha value is -3.66. The zero-order valence-electron chi connectivity index (χ0n) is 23.1. The molecule has 4 aliphatic heterocycles. The molecule has 1 aromatic heterocycles. The Balaban J connectivity index is 1.14. The van der Waals surface area contributed by atoms with Crippen LogP contribution in [0.2, 0.25) is 0 Å². The number of fused-ring (bicyclic) bond motifs is 1. The number of piperidine rings is 1. The number of hydrogen-bond donors (Lipinski definition) is 0. The minimum absolute atomic E-state index is 0.0795. The van der Waals surface area contributed by atoms with Crippen LogP contribution in [0.15, 0.2) is 41.0 Å². The molecule has 0 unspecified atom stereocenters. The van der Waals surface area contributed by atoms with Gasteiger partial charge in [-0.25, -0.2) is 0 Å². The Morgan fingerprint density at radius 1 is 0.925 bits per heavy atom. The van der Waals surface area contributed by atoms with Gasteiger partial charge in [-0.2, -0.15) is 0 Å². The van der Waals surface area contributed by atoms with Gasteiger partial charge in [-0.15, -0.1) is 0 Å². The highest BCUT2D eigenvalue weighted by Gasteiger charge is 2.45. The molecule has 0 aliphatic carbocycles. The van der Waals surface area contributed by atoms with Crippen LogP contribution < -0.4 is 4.90 Å². The first-order chi connectivity index (χ1) is 19.2. The molecule has 212 valence electrons. The Bertz CT molecular complexity index is 1310. The number of amides is 4. The summed E-state index contributed by atoms with van der Waals surface area (Å²) in [6.45, 7) is 7.59. The van der Waals surface area contributed by atoms with Crippen molar-refractivity contribution in [2.75, 3.05) is 50.8 Å². The lowest BCUT2D eigenvalue weighted by molar-refractivity contribution is -0.137. The van der Waals surface area contributed by atoms with Gasteiger partial charge in [-0.1, -0.05) is 6.07 Å². The molecular weight excluding hydrogens is 512 g/mol. The van der Waals surface area contributed by atoms with Gasteiger partial charge in [0.1, 0.15) is 0 Å². The summed E-state index contributed by atoms with van der Waals surface area (Å²) in [7, 11) is 0. The Morgan fingerprint density at radius 2 is 1.70 bits per heavy atom. The summed E-state index contributed by atoms with van der Waals surface area (Å²) in [6, 6.07) is 8.61. The number of carbonyl (C=O) groups is 4. The van der Waals surface area contributed by atoms with Crippen LogP contribution in [0, 0.1) is 5.92 Å².